The standard InChI is InChI=1S/C27H32N2O5S2/c1-20-5-9-22(10-6-20)19-35-16-15-28-27(30)18-29(25-17-23(33-3)11-14-26(25)34-4)36(31,32)24-12-7-21(2)8-13-24/h5-14,17H,15-16,18-19H2,1-4H3,(H,28,30). The summed E-state index contributed by atoms with van der Waals surface area (Å²) in [5.74, 6) is 1.89. The third-order valence-electron chi connectivity index (χ3n) is 5.51. The molecule has 0 bridgehead atoms. The number of hydrogen-bond donors (Lipinski definition) is 1. The Bertz CT molecular complexity index is 1260. The predicted molar refractivity (Wildman–Crippen MR) is 146 cm³/mol. The second kappa shape index (κ2) is 12.7. The maximum absolute atomic E-state index is 13.6. The van der Waals surface area contributed by atoms with Crippen LogP contribution in [0.2, 0.25) is 0 Å². The maximum atomic E-state index is 13.6. The summed E-state index contributed by atoms with van der Waals surface area (Å²) in [6.07, 6.45) is 0. The number of methoxy groups -OCH3 is 2. The number of sulfonamides is 1. The molecule has 192 valence electrons. The van der Waals surface area contributed by atoms with E-state index in [9.17, 15) is 13.2 Å². The van der Waals surface area contributed by atoms with E-state index in [1.807, 2.05) is 6.92 Å². The van der Waals surface area contributed by atoms with Crippen molar-refractivity contribution in [2.24, 2.45) is 0 Å². The molecule has 0 heterocycles. The Morgan fingerprint density at radius 3 is 2.17 bits per heavy atom. The Morgan fingerprint density at radius 2 is 1.56 bits per heavy atom. The summed E-state index contributed by atoms with van der Waals surface area (Å²) in [6.45, 7) is 3.95. The molecule has 0 aliphatic heterocycles. The molecule has 9 heteroatoms. The lowest BCUT2D eigenvalue weighted by molar-refractivity contribution is -0.119. The SMILES string of the molecule is COc1ccc(OC)c(N(CC(=O)NCCSCc2ccc(C)cc2)S(=O)(=O)c2ccc(C)cc2)c1. The Hall–Kier alpha value is -3.17. The topological polar surface area (TPSA) is 84.9 Å². The van der Waals surface area contributed by atoms with Crippen molar-refractivity contribution >= 4 is 33.4 Å². The zero-order chi connectivity index (χ0) is 26.1. The molecule has 0 unspecified atom stereocenters. The van der Waals surface area contributed by atoms with Gasteiger partial charge in [0, 0.05) is 24.1 Å². The highest BCUT2D eigenvalue weighted by Gasteiger charge is 2.30. The molecule has 7 nitrogen and oxygen atoms in total. The maximum Gasteiger partial charge on any atom is 0.264 e. The molecule has 3 aromatic carbocycles. The smallest absolute Gasteiger partial charge is 0.264 e. The molecule has 0 spiro atoms. The molecule has 1 N–H and O–H groups in total. The molecular weight excluding hydrogens is 496 g/mol. The summed E-state index contributed by atoms with van der Waals surface area (Å²) in [6, 6.07) is 19.7. The van der Waals surface area contributed by atoms with Gasteiger partial charge in [-0.2, -0.15) is 11.8 Å². The highest BCUT2D eigenvalue weighted by molar-refractivity contribution is 7.98. The number of carbonyl (C=O) groups is 1. The van der Waals surface area contributed by atoms with E-state index in [4.69, 9.17) is 9.47 Å². The molecule has 3 aromatic rings. The fourth-order valence-corrected chi connectivity index (χ4v) is 5.69. The first-order valence-electron chi connectivity index (χ1n) is 11.5. The number of benzene rings is 3. The van der Waals surface area contributed by atoms with Crippen molar-refractivity contribution in [2.75, 3.05) is 37.4 Å². The quantitative estimate of drug-likeness (QED) is 0.347. The van der Waals surface area contributed by atoms with Crippen LogP contribution >= 0.6 is 11.8 Å². The minimum Gasteiger partial charge on any atom is -0.497 e. The summed E-state index contributed by atoms with van der Waals surface area (Å²) in [5.41, 5.74) is 3.59. The minimum atomic E-state index is -4.07. The lowest BCUT2D eigenvalue weighted by Gasteiger charge is -2.26. The molecule has 0 fully saturated rings. The summed E-state index contributed by atoms with van der Waals surface area (Å²) in [5, 5.41) is 2.84. The molecular formula is C27H32N2O5S2. The fourth-order valence-electron chi connectivity index (χ4n) is 3.45. The summed E-state index contributed by atoms with van der Waals surface area (Å²) >= 11 is 1.70. The van der Waals surface area contributed by atoms with Crippen molar-refractivity contribution in [2.45, 2.75) is 24.5 Å². The van der Waals surface area contributed by atoms with Crippen LogP contribution in [0.5, 0.6) is 11.5 Å². The first-order chi connectivity index (χ1) is 17.2. The van der Waals surface area contributed by atoms with Gasteiger partial charge in [-0.15, -0.1) is 0 Å². The molecule has 0 saturated heterocycles. The van der Waals surface area contributed by atoms with Crippen LogP contribution in [0.3, 0.4) is 0 Å². The normalized spacial score (nSPS) is 11.1. The number of amides is 1. The lowest BCUT2D eigenvalue weighted by atomic mass is 10.2. The van der Waals surface area contributed by atoms with Crippen molar-refractivity contribution in [3.05, 3.63) is 83.4 Å². The Morgan fingerprint density at radius 1 is 0.917 bits per heavy atom. The van der Waals surface area contributed by atoms with Crippen LogP contribution in [-0.4, -0.2) is 47.4 Å². The Kier molecular flexibility index (Phi) is 9.66. The molecule has 0 saturated carbocycles. The number of carbonyl (C=O) groups excluding carboxylic acids is 1. The zero-order valence-corrected chi connectivity index (χ0v) is 22.6. The second-order valence-electron chi connectivity index (χ2n) is 8.25. The summed E-state index contributed by atoms with van der Waals surface area (Å²) in [4.78, 5) is 13.0. The van der Waals surface area contributed by atoms with Crippen LogP contribution in [0.15, 0.2) is 71.6 Å². The summed E-state index contributed by atoms with van der Waals surface area (Å²) in [7, 11) is -1.12. The third-order valence-corrected chi connectivity index (χ3v) is 8.31. The fraction of sp³-hybridized carbons (Fsp3) is 0.296. The van der Waals surface area contributed by atoms with Crippen LogP contribution in [0.25, 0.3) is 0 Å². The van der Waals surface area contributed by atoms with Gasteiger partial charge in [-0.1, -0.05) is 47.5 Å². The van der Waals surface area contributed by atoms with Gasteiger partial charge in [-0.05, 0) is 43.7 Å². The molecule has 0 radical (unpaired) electrons. The van der Waals surface area contributed by atoms with Crippen molar-refractivity contribution in [1.29, 1.82) is 0 Å². The number of aryl methyl sites for hydroxylation is 2. The van der Waals surface area contributed by atoms with Gasteiger partial charge < -0.3 is 14.8 Å². The zero-order valence-electron chi connectivity index (χ0n) is 21.0. The van der Waals surface area contributed by atoms with Crippen LogP contribution in [0, 0.1) is 13.8 Å². The van der Waals surface area contributed by atoms with E-state index < -0.39 is 22.5 Å². The van der Waals surface area contributed by atoms with Gasteiger partial charge in [-0.3, -0.25) is 9.10 Å². The van der Waals surface area contributed by atoms with E-state index in [2.05, 4.69) is 36.5 Å². The van der Waals surface area contributed by atoms with Gasteiger partial charge in [0.15, 0.2) is 0 Å². The number of hydrogen-bond acceptors (Lipinski definition) is 6. The average molecular weight is 529 g/mol. The van der Waals surface area contributed by atoms with Crippen molar-refractivity contribution in [3.8, 4) is 11.5 Å². The second-order valence-corrected chi connectivity index (χ2v) is 11.2. The van der Waals surface area contributed by atoms with Gasteiger partial charge in [-0.25, -0.2) is 8.42 Å². The average Bonchev–Trinajstić information content (AvgIpc) is 2.88. The largest absolute Gasteiger partial charge is 0.497 e. The van der Waals surface area contributed by atoms with Crippen molar-refractivity contribution in [1.82, 2.24) is 5.32 Å². The van der Waals surface area contributed by atoms with Gasteiger partial charge in [0.1, 0.15) is 18.0 Å². The highest BCUT2D eigenvalue weighted by atomic mass is 32.2. The number of nitrogens with zero attached hydrogens (tertiary/aromatic N) is 1. The molecule has 0 aliphatic carbocycles. The Balaban J connectivity index is 1.75. The molecule has 0 aromatic heterocycles. The van der Waals surface area contributed by atoms with E-state index in [0.717, 1.165) is 15.6 Å². The number of nitrogens with one attached hydrogen (secondary N) is 1. The highest BCUT2D eigenvalue weighted by Crippen LogP contribution is 2.35. The number of ether oxygens (including phenoxy) is 2. The first kappa shape index (κ1) is 27.4. The van der Waals surface area contributed by atoms with Gasteiger partial charge >= 0.3 is 0 Å². The number of thioether (sulfide) groups is 1. The number of rotatable bonds is 12. The van der Waals surface area contributed by atoms with Crippen molar-refractivity contribution in [3.63, 3.8) is 0 Å². The van der Waals surface area contributed by atoms with E-state index in [0.29, 0.717) is 23.8 Å². The van der Waals surface area contributed by atoms with Gasteiger partial charge in [0.25, 0.3) is 10.0 Å². The molecule has 1 amide bonds. The van der Waals surface area contributed by atoms with E-state index in [1.165, 1.54) is 37.5 Å². The van der Waals surface area contributed by atoms with Crippen molar-refractivity contribution < 1.29 is 22.7 Å². The number of anilines is 1. The minimum absolute atomic E-state index is 0.0828. The van der Waals surface area contributed by atoms with Gasteiger partial charge in [0.05, 0.1) is 24.8 Å². The van der Waals surface area contributed by atoms with E-state index in [-0.39, 0.29) is 10.6 Å². The molecule has 36 heavy (non-hydrogen) atoms. The van der Waals surface area contributed by atoms with E-state index >= 15 is 0 Å². The summed E-state index contributed by atoms with van der Waals surface area (Å²) < 4.78 is 39.1. The van der Waals surface area contributed by atoms with E-state index in [1.54, 1.807) is 42.1 Å². The third kappa shape index (κ3) is 7.18. The van der Waals surface area contributed by atoms with Gasteiger partial charge in [0.2, 0.25) is 5.91 Å². The molecule has 0 atom stereocenters. The predicted octanol–water partition coefficient (Wildman–Crippen LogP) is 4.57. The van der Waals surface area contributed by atoms with Crippen LogP contribution in [-0.2, 0) is 20.6 Å². The van der Waals surface area contributed by atoms with Crippen LogP contribution in [0.1, 0.15) is 16.7 Å². The Labute approximate surface area is 217 Å². The molecule has 3 rings (SSSR count). The lowest BCUT2D eigenvalue weighted by Crippen LogP contribution is -2.41. The van der Waals surface area contributed by atoms with Crippen LogP contribution < -0.4 is 19.1 Å². The van der Waals surface area contributed by atoms with Crippen LogP contribution in [0.4, 0.5) is 5.69 Å². The monoisotopic (exact) mass is 528 g/mol. The first-order valence-corrected chi connectivity index (χ1v) is 14.1. The molecule has 0 aliphatic rings.